The number of nitrogens with one attached hydrogen (secondary N) is 1. The average Bonchev–Trinajstić information content (AvgIpc) is 3.08. The fraction of sp³-hybridized carbons (Fsp3) is 0.312. The van der Waals surface area contributed by atoms with Crippen LogP contribution in [0.1, 0.15) is 24.4 Å². The number of para-hydroxylation sites is 1. The number of benzene rings is 1. The van der Waals surface area contributed by atoms with Crippen LogP contribution >= 0.6 is 11.3 Å². The quantitative estimate of drug-likeness (QED) is 0.763. The summed E-state index contributed by atoms with van der Waals surface area (Å²) in [6, 6.07) is 8.20. The maximum atomic E-state index is 6.02. The number of hydrogen-bond acceptors (Lipinski definition) is 4. The first-order valence-corrected chi connectivity index (χ1v) is 7.87. The summed E-state index contributed by atoms with van der Waals surface area (Å²) in [4.78, 5) is 4.68. The van der Waals surface area contributed by atoms with Crippen molar-refractivity contribution < 1.29 is 4.42 Å². The lowest BCUT2D eigenvalue weighted by atomic mass is 10.1. The highest BCUT2D eigenvalue weighted by Gasteiger charge is 2.16. The first kappa shape index (κ1) is 13.3. The molecule has 1 N–H and O–H groups in total. The Labute approximate surface area is 122 Å². The van der Waals surface area contributed by atoms with Gasteiger partial charge in [0.2, 0.25) is 0 Å². The van der Waals surface area contributed by atoms with Crippen LogP contribution in [0.5, 0.6) is 0 Å². The van der Waals surface area contributed by atoms with Crippen molar-refractivity contribution in [3.8, 4) is 11.5 Å². The van der Waals surface area contributed by atoms with Gasteiger partial charge in [0.05, 0.1) is 0 Å². The second kappa shape index (κ2) is 5.77. The van der Waals surface area contributed by atoms with E-state index in [0.717, 1.165) is 41.6 Å². The maximum absolute atomic E-state index is 6.02. The number of hydrogen-bond donors (Lipinski definition) is 1. The Morgan fingerprint density at radius 2 is 2.10 bits per heavy atom. The highest BCUT2D eigenvalue weighted by Crippen LogP contribution is 2.34. The van der Waals surface area contributed by atoms with Crippen molar-refractivity contribution in [1.82, 2.24) is 10.3 Å². The zero-order chi connectivity index (χ0) is 13.9. The van der Waals surface area contributed by atoms with Crippen molar-refractivity contribution >= 4 is 22.3 Å². The minimum Gasteiger partial charge on any atom is -0.454 e. The molecule has 0 aliphatic heterocycles. The Bertz CT molecular complexity index is 714. The number of fused-ring (bicyclic) bond motifs is 1. The molecule has 0 amide bonds. The Hall–Kier alpha value is -1.65. The number of furan rings is 1. The van der Waals surface area contributed by atoms with Gasteiger partial charge in [-0.2, -0.15) is 0 Å². The van der Waals surface area contributed by atoms with Crippen LogP contribution in [0.3, 0.4) is 0 Å². The minimum atomic E-state index is 0.822. The van der Waals surface area contributed by atoms with Crippen molar-refractivity contribution in [3.05, 3.63) is 40.2 Å². The standard InChI is InChI=1S/C16H18N2OS/c1-3-11-12-7-5-6-8-14(12)19-16(11)13-10-20-15(18-13)9-17-4-2/h5-8,10,17H,3-4,9H2,1-2H3. The topological polar surface area (TPSA) is 38.1 Å². The SMILES string of the molecule is CCNCc1nc(-c2oc3ccccc3c2CC)cs1. The second-order valence-corrected chi connectivity index (χ2v) is 5.61. The third-order valence-electron chi connectivity index (χ3n) is 3.36. The molecule has 4 heteroatoms. The molecule has 0 saturated heterocycles. The van der Waals surface area contributed by atoms with Gasteiger partial charge in [-0.3, -0.25) is 0 Å². The van der Waals surface area contributed by atoms with Crippen LogP contribution in [0.2, 0.25) is 0 Å². The third-order valence-corrected chi connectivity index (χ3v) is 4.21. The molecule has 0 aliphatic rings. The summed E-state index contributed by atoms with van der Waals surface area (Å²) < 4.78 is 6.02. The first-order chi connectivity index (χ1) is 9.83. The summed E-state index contributed by atoms with van der Waals surface area (Å²) in [7, 11) is 0. The molecule has 3 rings (SSSR count). The zero-order valence-corrected chi connectivity index (χ0v) is 12.6. The number of nitrogens with zero attached hydrogens (tertiary/aromatic N) is 1. The number of thiazole rings is 1. The monoisotopic (exact) mass is 286 g/mol. The second-order valence-electron chi connectivity index (χ2n) is 4.67. The summed E-state index contributed by atoms with van der Waals surface area (Å²) >= 11 is 1.68. The van der Waals surface area contributed by atoms with Crippen molar-refractivity contribution in [2.75, 3.05) is 6.54 Å². The van der Waals surface area contributed by atoms with Crippen molar-refractivity contribution in [2.24, 2.45) is 0 Å². The minimum absolute atomic E-state index is 0.822. The van der Waals surface area contributed by atoms with Gasteiger partial charge in [-0.15, -0.1) is 11.3 Å². The van der Waals surface area contributed by atoms with Gasteiger partial charge in [-0.25, -0.2) is 4.98 Å². The molecule has 0 radical (unpaired) electrons. The van der Waals surface area contributed by atoms with Gasteiger partial charge in [-0.1, -0.05) is 32.0 Å². The molecular formula is C16H18N2OS. The molecule has 2 aromatic heterocycles. The van der Waals surface area contributed by atoms with Crippen molar-refractivity contribution in [2.45, 2.75) is 26.8 Å². The summed E-state index contributed by atoms with van der Waals surface area (Å²) in [5.41, 5.74) is 3.15. The van der Waals surface area contributed by atoms with Crippen LogP contribution in [0.4, 0.5) is 0 Å². The van der Waals surface area contributed by atoms with E-state index in [-0.39, 0.29) is 0 Å². The van der Waals surface area contributed by atoms with E-state index in [4.69, 9.17) is 4.42 Å². The average molecular weight is 286 g/mol. The predicted octanol–water partition coefficient (Wildman–Crippen LogP) is 4.23. The number of rotatable bonds is 5. The molecular weight excluding hydrogens is 268 g/mol. The fourth-order valence-electron chi connectivity index (χ4n) is 2.39. The molecule has 0 fully saturated rings. The number of aryl methyl sites for hydroxylation is 1. The zero-order valence-electron chi connectivity index (χ0n) is 11.8. The van der Waals surface area contributed by atoms with Crippen LogP contribution < -0.4 is 5.32 Å². The normalized spacial score (nSPS) is 11.3. The lowest BCUT2D eigenvalue weighted by Crippen LogP contribution is -2.11. The van der Waals surface area contributed by atoms with Gasteiger partial charge < -0.3 is 9.73 Å². The molecule has 2 heterocycles. The van der Waals surface area contributed by atoms with E-state index in [1.165, 1.54) is 10.9 Å². The van der Waals surface area contributed by atoms with E-state index in [9.17, 15) is 0 Å². The van der Waals surface area contributed by atoms with Crippen LogP contribution in [-0.2, 0) is 13.0 Å². The molecule has 0 saturated carbocycles. The molecule has 1 aromatic carbocycles. The number of aromatic nitrogens is 1. The molecule has 0 atom stereocenters. The highest BCUT2D eigenvalue weighted by atomic mass is 32.1. The Kier molecular flexibility index (Phi) is 3.85. The van der Waals surface area contributed by atoms with Gasteiger partial charge in [0.25, 0.3) is 0 Å². The Balaban J connectivity index is 2.02. The first-order valence-electron chi connectivity index (χ1n) is 6.99. The molecule has 0 spiro atoms. The van der Waals surface area contributed by atoms with Crippen molar-refractivity contribution in [1.29, 1.82) is 0 Å². The molecule has 0 aliphatic carbocycles. The van der Waals surface area contributed by atoms with Gasteiger partial charge in [-0.05, 0) is 19.0 Å². The third kappa shape index (κ3) is 2.37. The van der Waals surface area contributed by atoms with Crippen molar-refractivity contribution in [3.63, 3.8) is 0 Å². The molecule has 0 unspecified atom stereocenters. The van der Waals surface area contributed by atoms with Gasteiger partial charge in [0.15, 0.2) is 5.76 Å². The largest absolute Gasteiger partial charge is 0.454 e. The Morgan fingerprint density at radius 3 is 2.90 bits per heavy atom. The van der Waals surface area contributed by atoms with E-state index < -0.39 is 0 Å². The molecule has 104 valence electrons. The van der Waals surface area contributed by atoms with Crippen LogP contribution in [0.25, 0.3) is 22.4 Å². The van der Waals surface area contributed by atoms with E-state index in [1.54, 1.807) is 11.3 Å². The van der Waals surface area contributed by atoms with Crippen LogP contribution in [0, 0.1) is 0 Å². The molecule has 20 heavy (non-hydrogen) atoms. The molecule has 0 bridgehead atoms. The predicted molar refractivity (Wildman–Crippen MR) is 84.1 cm³/mol. The van der Waals surface area contributed by atoms with E-state index in [2.05, 4.69) is 41.7 Å². The lowest BCUT2D eigenvalue weighted by molar-refractivity contribution is 0.624. The molecule has 3 aromatic rings. The summed E-state index contributed by atoms with van der Waals surface area (Å²) in [5.74, 6) is 0.924. The van der Waals surface area contributed by atoms with E-state index >= 15 is 0 Å². The van der Waals surface area contributed by atoms with E-state index in [0.29, 0.717) is 0 Å². The van der Waals surface area contributed by atoms with Gasteiger partial charge in [0.1, 0.15) is 16.3 Å². The van der Waals surface area contributed by atoms with Gasteiger partial charge in [0, 0.05) is 22.9 Å². The lowest BCUT2D eigenvalue weighted by Gasteiger charge is -1.97. The Morgan fingerprint density at radius 1 is 1.25 bits per heavy atom. The summed E-state index contributed by atoms with van der Waals surface area (Å²) in [6.07, 6.45) is 0.951. The maximum Gasteiger partial charge on any atom is 0.157 e. The highest BCUT2D eigenvalue weighted by molar-refractivity contribution is 7.09. The van der Waals surface area contributed by atoms with Crippen LogP contribution in [0.15, 0.2) is 34.1 Å². The van der Waals surface area contributed by atoms with Crippen LogP contribution in [-0.4, -0.2) is 11.5 Å². The fourth-order valence-corrected chi connectivity index (χ4v) is 3.13. The van der Waals surface area contributed by atoms with Gasteiger partial charge >= 0.3 is 0 Å². The smallest absolute Gasteiger partial charge is 0.157 e. The molecule has 3 nitrogen and oxygen atoms in total. The summed E-state index contributed by atoms with van der Waals surface area (Å²) in [6.45, 7) is 6.04. The summed E-state index contributed by atoms with van der Waals surface area (Å²) in [5, 5.41) is 7.69. The van der Waals surface area contributed by atoms with E-state index in [1.807, 2.05) is 12.1 Å².